The first-order valence-corrected chi connectivity index (χ1v) is 12.6. The van der Waals surface area contributed by atoms with Crippen LogP contribution < -0.4 is 14.4 Å². The average molecular weight is 612 g/mol. The Kier molecular flexibility index (Phi) is 9.21. The Hall–Kier alpha value is -2.82. The molecule has 9 heteroatoms. The summed E-state index contributed by atoms with van der Waals surface area (Å²) in [6, 6.07) is 17.4. The minimum Gasteiger partial charge on any atom is -0.470 e. The molecule has 1 heterocycles. The third-order valence-corrected chi connectivity index (χ3v) is 6.58. The lowest BCUT2D eigenvalue weighted by molar-refractivity contribution is -0.274. The van der Waals surface area contributed by atoms with Crippen molar-refractivity contribution in [3.8, 4) is 11.5 Å². The fourth-order valence-corrected chi connectivity index (χ4v) is 3.64. The maximum absolute atomic E-state index is 12.5. The van der Waals surface area contributed by atoms with Gasteiger partial charge in [-0.05, 0) is 96.3 Å². The van der Waals surface area contributed by atoms with Crippen molar-refractivity contribution in [1.29, 1.82) is 0 Å². The number of alkyl halides is 4. The zero-order chi connectivity index (χ0) is 26.3. The predicted octanol–water partition coefficient (Wildman–Crippen LogP) is 6.91. The van der Waals surface area contributed by atoms with Crippen LogP contribution in [0.15, 0.2) is 66.9 Å². The number of carbonyl (C=O) groups excluding carboxylic acids is 1. The summed E-state index contributed by atoms with van der Waals surface area (Å²) in [7, 11) is 0. The van der Waals surface area contributed by atoms with Gasteiger partial charge in [0.05, 0.1) is 0 Å². The summed E-state index contributed by atoms with van der Waals surface area (Å²) >= 11 is 1.98. The van der Waals surface area contributed by atoms with E-state index < -0.39 is 9.97 Å². The van der Waals surface area contributed by atoms with Gasteiger partial charge in [0.2, 0.25) is 3.61 Å². The van der Waals surface area contributed by atoms with E-state index in [1.54, 1.807) is 19.1 Å². The van der Waals surface area contributed by atoms with Crippen molar-refractivity contribution in [2.45, 2.75) is 50.1 Å². The number of ether oxygens (including phenoxy) is 2. The average Bonchev–Trinajstić information content (AvgIpc) is 2.82. The molecule has 3 rings (SSSR count). The first-order valence-electron chi connectivity index (χ1n) is 11.5. The Morgan fingerprint density at radius 3 is 1.97 bits per heavy atom. The molecule has 0 aliphatic heterocycles. The van der Waals surface area contributed by atoms with Crippen LogP contribution in [0.3, 0.4) is 0 Å². The Morgan fingerprint density at radius 2 is 1.47 bits per heavy atom. The number of rotatable bonds is 11. The van der Waals surface area contributed by atoms with Gasteiger partial charge in [-0.2, -0.15) is 0 Å². The molecule has 0 N–H and O–H groups in total. The zero-order valence-corrected chi connectivity index (χ0v) is 22.5. The molecule has 1 aromatic heterocycles. The van der Waals surface area contributed by atoms with Gasteiger partial charge < -0.3 is 14.4 Å². The summed E-state index contributed by atoms with van der Waals surface area (Å²) in [5.41, 5.74) is 3.03. The molecule has 0 amide bonds. The molecular formula is C27H28F3IN2O3. The van der Waals surface area contributed by atoms with Crippen molar-refractivity contribution in [2.75, 3.05) is 11.4 Å². The van der Waals surface area contributed by atoms with Gasteiger partial charge in [0.25, 0.3) is 0 Å². The summed E-state index contributed by atoms with van der Waals surface area (Å²) in [6.45, 7) is 6.38. The molecule has 1 unspecified atom stereocenters. The number of pyridine rings is 1. The fraction of sp³-hybridized carbons (Fsp3) is 0.333. The number of hydrogen-bond donors (Lipinski definition) is 0. The molecule has 0 aliphatic rings. The van der Waals surface area contributed by atoms with Crippen LogP contribution in [-0.4, -0.2) is 27.3 Å². The van der Waals surface area contributed by atoms with Crippen LogP contribution in [0.1, 0.15) is 37.5 Å². The summed E-state index contributed by atoms with van der Waals surface area (Å²) < 4.78 is 46.3. The standard InChI is InChI=1S/C27H28F3IN2O3/c1-4-20-9-14-25(32-17-20)33(18-22-7-12-24(13-8-22)36-27(28,29)30)16-15-21-5-10-23(11-6-21)35-26(3,31)19(2)34/h5-14,17H,4,15-16,18H2,1-3H3. The van der Waals surface area contributed by atoms with E-state index >= 15 is 0 Å². The highest BCUT2D eigenvalue weighted by atomic mass is 127. The second-order valence-corrected chi connectivity index (χ2v) is 10.5. The minimum absolute atomic E-state index is 0.0672. The molecule has 0 bridgehead atoms. The molecule has 0 fully saturated rings. The van der Waals surface area contributed by atoms with Crippen LogP contribution in [-0.2, 0) is 24.2 Å². The van der Waals surface area contributed by atoms with Crippen molar-refractivity contribution in [3.63, 3.8) is 0 Å². The van der Waals surface area contributed by atoms with Gasteiger partial charge in [0.1, 0.15) is 17.3 Å². The van der Waals surface area contributed by atoms with Gasteiger partial charge in [-0.3, -0.25) is 4.79 Å². The van der Waals surface area contributed by atoms with Gasteiger partial charge in [0, 0.05) is 19.3 Å². The van der Waals surface area contributed by atoms with E-state index in [-0.39, 0.29) is 11.5 Å². The van der Waals surface area contributed by atoms with E-state index in [1.807, 2.05) is 65.2 Å². The lowest BCUT2D eigenvalue weighted by Gasteiger charge is -2.25. The van der Waals surface area contributed by atoms with E-state index in [0.29, 0.717) is 25.3 Å². The maximum atomic E-state index is 12.5. The van der Waals surface area contributed by atoms with Gasteiger partial charge in [0.15, 0.2) is 5.78 Å². The van der Waals surface area contributed by atoms with Crippen molar-refractivity contribution in [1.82, 2.24) is 4.98 Å². The number of carbonyl (C=O) groups is 1. The molecular weight excluding hydrogens is 584 g/mol. The summed E-state index contributed by atoms with van der Waals surface area (Å²) in [5, 5.41) is 0. The van der Waals surface area contributed by atoms with Crippen molar-refractivity contribution in [2.24, 2.45) is 0 Å². The van der Waals surface area contributed by atoms with E-state index in [0.717, 1.165) is 28.9 Å². The highest BCUT2D eigenvalue weighted by Gasteiger charge is 2.31. The number of anilines is 1. The van der Waals surface area contributed by atoms with E-state index in [9.17, 15) is 18.0 Å². The van der Waals surface area contributed by atoms with Gasteiger partial charge in [-0.25, -0.2) is 4.98 Å². The first kappa shape index (κ1) is 27.8. The van der Waals surface area contributed by atoms with Crippen LogP contribution >= 0.6 is 22.6 Å². The summed E-state index contributed by atoms with van der Waals surface area (Å²) in [4.78, 5) is 18.4. The largest absolute Gasteiger partial charge is 0.573 e. The van der Waals surface area contributed by atoms with Crippen LogP contribution in [0.5, 0.6) is 11.5 Å². The number of Topliss-reactive ketones (excluding diaryl/α,β-unsaturated/α-hetero) is 1. The number of nitrogens with zero attached hydrogens (tertiary/aromatic N) is 2. The van der Waals surface area contributed by atoms with Crippen LogP contribution in [0.4, 0.5) is 19.0 Å². The van der Waals surface area contributed by atoms with Crippen molar-refractivity contribution < 1.29 is 27.4 Å². The molecule has 36 heavy (non-hydrogen) atoms. The SMILES string of the molecule is CCc1ccc(N(CCc2ccc(OC(C)(I)C(C)=O)cc2)Cc2ccc(OC(F)(F)F)cc2)nc1. The lowest BCUT2D eigenvalue weighted by Crippen LogP contribution is -2.32. The third-order valence-electron chi connectivity index (χ3n) is 5.60. The highest BCUT2D eigenvalue weighted by molar-refractivity contribution is 14.1. The van der Waals surface area contributed by atoms with E-state index in [2.05, 4.69) is 21.5 Å². The normalized spacial score (nSPS) is 13.1. The Balaban J connectivity index is 1.72. The van der Waals surface area contributed by atoms with Gasteiger partial charge in [-0.1, -0.05) is 37.3 Å². The smallest absolute Gasteiger partial charge is 0.470 e. The second-order valence-electron chi connectivity index (χ2n) is 8.46. The Morgan fingerprint density at radius 1 is 0.917 bits per heavy atom. The van der Waals surface area contributed by atoms with Crippen LogP contribution in [0.2, 0.25) is 0 Å². The molecule has 5 nitrogen and oxygen atoms in total. The van der Waals surface area contributed by atoms with E-state index in [4.69, 9.17) is 4.74 Å². The highest BCUT2D eigenvalue weighted by Crippen LogP contribution is 2.26. The quantitative estimate of drug-likeness (QED) is 0.174. The molecule has 0 saturated heterocycles. The molecule has 0 saturated carbocycles. The summed E-state index contributed by atoms with van der Waals surface area (Å²) in [6.07, 6.45) is -1.30. The second kappa shape index (κ2) is 11.9. The number of halogens is 4. The molecule has 0 radical (unpaired) electrons. The zero-order valence-electron chi connectivity index (χ0n) is 20.3. The molecule has 2 aromatic carbocycles. The van der Waals surface area contributed by atoms with Crippen molar-refractivity contribution in [3.05, 3.63) is 83.6 Å². The lowest BCUT2D eigenvalue weighted by atomic mass is 10.1. The van der Waals surface area contributed by atoms with Crippen molar-refractivity contribution >= 4 is 34.2 Å². The number of benzene rings is 2. The number of hydrogen-bond acceptors (Lipinski definition) is 5. The molecule has 0 spiro atoms. The Labute approximate surface area is 222 Å². The third kappa shape index (κ3) is 8.39. The maximum Gasteiger partial charge on any atom is 0.573 e. The van der Waals surface area contributed by atoms with Crippen LogP contribution in [0, 0.1) is 0 Å². The predicted molar refractivity (Wildman–Crippen MR) is 142 cm³/mol. The topological polar surface area (TPSA) is 51.7 Å². The number of aryl methyl sites for hydroxylation is 1. The Bertz CT molecular complexity index is 1130. The molecule has 0 aliphatic carbocycles. The molecule has 192 valence electrons. The summed E-state index contributed by atoms with van der Waals surface area (Å²) in [5.74, 6) is 1.07. The molecule has 3 aromatic rings. The number of aromatic nitrogens is 1. The van der Waals surface area contributed by atoms with Gasteiger partial charge in [-0.15, -0.1) is 13.2 Å². The monoisotopic (exact) mass is 612 g/mol. The number of ketones is 1. The van der Waals surface area contributed by atoms with Gasteiger partial charge >= 0.3 is 6.36 Å². The fourth-order valence-electron chi connectivity index (χ4n) is 3.39. The van der Waals surface area contributed by atoms with E-state index in [1.165, 1.54) is 19.1 Å². The molecule has 1 atom stereocenters. The first-order chi connectivity index (χ1) is 16.9. The minimum atomic E-state index is -4.72. The van der Waals surface area contributed by atoms with Crippen LogP contribution in [0.25, 0.3) is 0 Å².